The van der Waals surface area contributed by atoms with Crippen molar-refractivity contribution in [1.29, 1.82) is 0 Å². The number of likely N-dealkylation sites (tertiary alicyclic amines) is 1. The second-order valence-electron chi connectivity index (χ2n) is 8.17. The summed E-state index contributed by atoms with van der Waals surface area (Å²) in [6, 6.07) is 20.1. The van der Waals surface area contributed by atoms with Crippen LogP contribution in [0.1, 0.15) is 24.8 Å². The number of carbonyl (C=O) groups is 1. The number of pyridine rings is 1. The molecule has 3 heterocycles. The molecule has 3 aromatic rings. The van der Waals surface area contributed by atoms with Gasteiger partial charge in [0.1, 0.15) is 17.4 Å². The van der Waals surface area contributed by atoms with Gasteiger partial charge in [-0.05, 0) is 30.5 Å². The smallest absolute Gasteiger partial charge is 0.233 e. The first-order chi connectivity index (χ1) is 14.8. The van der Waals surface area contributed by atoms with Gasteiger partial charge in [-0.3, -0.25) is 9.78 Å². The fraction of sp³-hybridized carbons (Fsp3) is 0.360. The van der Waals surface area contributed by atoms with Gasteiger partial charge in [0.2, 0.25) is 5.91 Å². The molecule has 2 aromatic carbocycles. The molecule has 5 heteroatoms. The van der Waals surface area contributed by atoms with E-state index in [9.17, 15) is 4.79 Å². The average Bonchev–Trinajstić information content (AvgIpc) is 3.28. The van der Waals surface area contributed by atoms with E-state index in [0.717, 1.165) is 48.0 Å². The van der Waals surface area contributed by atoms with Crippen molar-refractivity contribution in [3.63, 3.8) is 0 Å². The third-order valence-electron chi connectivity index (χ3n) is 6.40. The molecule has 0 saturated carbocycles. The summed E-state index contributed by atoms with van der Waals surface area (Å²) in [5.41, 5.74) is 1.48. The summed E-state index contributed by atoms with van der Waals surface area (Å²) >= 11 is 0. The van der Waals surface area contributed by atoms with Crippen molar-refractivity contribution in [2.24, 2.45) is 0 Å². The highest BCUT2D eigenvalue weighted by Crippen LogP contribution is 2.38. The number of fused-ring (bicyclic) bond motifs is 1. The summed E-state index contributed by atoms with van der Waals surface area (Å²) in [5.74, 6) is 0.996. The molecule has 2 fully saturated rings. The standard InChI is InChI=1S/C25H26N2O3/c28-24(25(12-16-29-17-13-25)20-8-2-1-3-9-20)27-15-11-21(18-27)30-22-10-4-6-19-7-5-14-26-23(19)22/h1-10,14,21H,11-13,15-18H2. The molecule has 154 valence electrons. The number of ether oxygens (including phenoxy) is 2. The number of nitrogens with zero attached hydrogens (tertiary/aromatic N) is 2. The number of carbonyl (C=O) groups excluding carboxylic acids is 1. The van der Waals surface area contributed by atoms with E-state index in [1.807, 2.05) is 53.4 Å². The highest BCUT2D eigenvalue weighted by molar-refractivity contribution is 5.89. The fourth-order valence-electron chi connectivity index (χ4n) is 4.77. The van der Waals surface area contributed by atoms with Crippen LogP contribution in [0.4, 0.5) is 0 Å². The van der Waals surface area contributed by atoms with E-state index in [1.165, 1.54) is 0 Å². The van der Waals surface area contributed by atoms with Gasteiger partial charge in [0.25, 0.3) is 0 Å². The lowest BCUT2D eigenvalue weighted by Gasteiger charge is -2.39. The molecule has 1 amide bonds. The predicted octanol–water partition coefficient (Wildman–Crippen LogP) is 3.96. The van der Waals surface area contributed by atoms with E-state index >= 15 is 0 Å². The highest BCUT2D eigenvalue weighted by atomic mass is 16.5. The summed E-state index contributed by atoms with van der Waals surface area (Å²) < 4.78 is 11.9. The van der Waals surface area contributed by atoms with Crippen LogP contribution in [0, 0.1) is 0 Å². The molecule has 2 saturated heterocycles. The molecule has 5 rings (SSSR count). The van der Waals surface area contributed by atoms with E-state index in [2.05, 4.69) is 17.1 Å². The average molecular weight is 402 g/mol. The number of amides is 1. The number of para-hydroxylation sites is 1. The Morgan fingerprint density at radius 2 is 1.83 bits per heavy atom. The topological polar surface area (TPSA) is 51.7 Å². The highest BCUT2D eigenvalue weighted by Gasteiger charge is 2.45. The van der Waals surface area contributed by atoms with Gasteiger partial charge in [-0.1, -0.05) is 48.5 Å². The molecule has 30 heavy (non-hydrogen) atoms. The second kappa shape index (κ2) is 8.07. The van der Waals surface area contributed by atoms with Gasteiger partial charge in [0.15, 0.2) is 0 Å². The zero-order valence-corrected chi connectivity index (χ0v) is 17.0. The first-order valence-electron chi connectivity index (χ1n) is 10.7. The van der Waals surface area contributed by atoms with Gasteiger partial charge in [-0.25, -0.2) is 0 Å². The monoisotopic (exact) mass is 402 g/mol. The van der Waals surface area contributed by atoms with E-state index < -0.39 is 5.41 Å². The molecule has 0 spiro atoms. The Balaban J connectivity index is 1.35. The fourth-order valence-corrected chi connectivity index (χ4v) is 4.77. The van der Waals surface area contributed by atoms with Gasteiger partial charge in [0.05, 0.1) is 12.0 Å². The van der Waals surface area contributed by atoms with Gasteiger partial charge in [0, 0.05) is 37.8 Å². The Labute approximate surface area is 176 Å². The molecular formula is C25H26N2O3. The Morgan fingerprint density at radius 1 is 1.03 bits per heavy atom. The molecule has 0 bridgehead atoms. The Hall–Kier alpha value is -2.92. The molecule has 1 atom stereocenters. The second-order valence-corrected chi connectivity index (χ2v) is 8.17. The summed E-state index contributed by atoms with van der Waals surface area (Å²) in [6.45, 7) is 2.57. The first-order valence-corrected chi connectivity index (χ1v) is 10.7. The lowest BCUT2D eigenvalue weighted by atomic mass is 9.73. The Bertz CT molecular complexity index is 1030. The van der Waals surface area contributed by atoms with Crippen LogP contribution in [0.3, 0.4) is 0 Å². The normalized spacial score (nSPS) is 20.9. The summed E-state index contributed by atoms with van der Waals surface area (Å²) in [6.07, 6.45) is 4.05. The van der Waals surface area contributed by atoms with E-state index in [4.69, 9.17) is 9.47 Å². The zero-order chi connectivity index (χ0) is 20.4. The summed E-state index contributed by atoms with van der Waals surface area (Å²) in [5, 5.41) is 1.06. The Morgan fingerprint density at radius 3 is 2.67 bits per heavy atom. The molecule has 2 aliphatic rings. The quantitative estimate of drug-likeness (QED) is 0.663. The van der Waals surface area contributed by atoms with Crippen LogP contribution < -0.4 is 4.74 Å². The van der Waals surface area contributed by atoms with Crippen LogP contribution in [0.2, 0.25) is 0 Å². The minimum atomic E-state index is -0.491. The maximum atomic E-state index is 13.7. The van der Waals surface area contributed by atoms with Crippen LogP contribution in [0.5, 0.6) is 5.75 Å². The molecule has 1 aromatic heterocycles. The van der Waals surface area contributed by atoms with Crippen LogP contribution >= 0.6 is 0 Å². The van der Waals surface area contributed by atoms with Crippen molar-refractivity contribution < 1.29 is 14.3 Å². The maximum Gasteiger partial charge on any atom is 0.233 e. The van der Waals surface area contributed by atoms with Crippen molar-refractivity contribution in [2.45, 2.75) is 30.8 Å². The lowest BCUT2D eigenvalue weighted by Crippen LogP contribution is -2.49. The lowest BCUT2D eigenvalue weighted by molar-refractivity contribution is -0.140. The van der Waals surface area contributed by atoms with Gasteiger partial charge >= 0.3 is 0 Å². The predicted molar refractivity (Wildman–Crippen MR) is 116 cm³/mol. The zero-order valence-electron chi connectivity index (χ0n) is 17.0. The molecule has 0 N–H and O–H groups in total. The SMILES string of the molecule is O=C(N1CCC(Oc2cccc3cccnc23)C1)C1(c2ccccc2)CCOCC1. The van der Waals surface area contributed by atoms with Gasteiger partial charge in [-0.2, -0.15) is 0 Å². The van der Waals surface area contributed by atoms with Crippen molar-refractivity contribution in [3.8, 4) is 5.75 Å². The summed E-state index contributed by atoms with van der Waals surface area (Å²) in [7, 11) is 0. The molecule has 5 nitrogen and oxygen atoms in total. The van der Waals surface area contributed by atoms with E-state index in [1.54, 1.807) is 6.20 Å². The van der Waals surface area contributed by atoms with Crippen LogP contribution in [0.25, 0.3) is 10.9 Å². The maximum absolute atomic E-state index is 13.7. The summed E-state index contributed by atoms with van der Waals surface area (Å²) in [4.78, 5) is 20.2. The number of hydrogen-bond donors (Lipinski definition) is 0. The van der Waals surface area contributed by atoms with Gasteiger partial charge in [-0.15, -0.1) is 0 Å². The van der Waals surface area contributed by atoms with Crippen molar-refractivity contribution in [1.82, 2.24) is 9.88 Å². The van der Waals surface area contributed by atoms with Crippen molar-refractivity contribution >= 4 is 16.8 Å². The number of hydrogen-bond acceptors (Lipinski definition) is 4. The third kappa shape index (κ3) is 3.43. The van der Waals surface area contributed by atoms with E-state index in [0.29, 0.717) is 19.8 Å². The molecule has 1 unspecified atom stereocenters. The van der Waals surface area contributed by atoms with Crippen molar-refractivity contribution in [2.75, 3.05) is 26.3 Å². The molecule has 0 radical (unpaired) electrons. The van der Waals surface area contributed by atoms with Crippen LogP contribution in [-0.2, 0) is 14.9 Å². The van der Waals surface area contributed by atoms with Crippen molar-refractivity contribution in [3.05, 3.63) is 72.4 Å². The Kier molecular flexibility index (Phi) is 5.13. The third-order valence-corrected chi connectivity index (χ3v) is 6.40. The van der Waals surface area contributed by atoms with Crippen LogP contribution in [0.15, 0.2) is 66.9 Å². The number of benzene rings is 2. The number of rotatable bonds is 4. The van der Waals surface area contributed by atoms with E-state index in [-0.39, 0.29) is 12.0 Å². The minimum Gasteiger partial charge on any atom is -0.486 e. The molecule has 0 aliphatic carbocycles. The minimum absolute atomic E-state index is 0.0192. The van der Waals surface area contributed by atoms with Crippen LogP contribution in [-0.4, -0.2) is 48.2 Å². The number of aromatic nitrogens is 1. The largest absolute Gasteiger partial charge is 0.486 e. The van der Waals surface area contributed by atoms with Gasteiger partial charge < -0.3 is 14.4 Å². The first kappa shape index (κ1) is 19.1. The molecule has 2 aliphatic heterocycles. The molecular weight excluding hydrogens is 376 g/mol.